The number of hydrogen-bond donors (Lipinski definition) is 0. The van der Waals surface area contributed by atoms with Gasteiger partial charge in [0.2, 0.25) is 0 Å². The number of hydrogen-bond acceptors (Lipinski definition) is 1. The van der Waals surface area contributed by atoms with Crippen LogP contribution in [0.5, 0.6) is 0 Å². The molecule has 4 aromatic rings. The van der Waals surface area contributed by atoms with Gasteiger partial charge in [0.1, 0.15) is 0 Å². The summed E-state index contributed by atoms with van der Waals surface area (Å²) in [6.07, 6.45) is 30.8. The van der Waals surface area contributed by atoms with Crippen molar-refractivity contribution in [2.24, 2.45) is 0 Å². The first-order chi connectivity index (χ1) is 31.4. The Morgan fingerprint density at radius 3 is 1.71 bits per heavy atom. The predicted octanol–water partition coefficient (Wildman–Crippen LogP) is 18.7. The van der Waals surface area contributed by atoms with Crippen LogP contribution in [-0.4, -0.2) is 0 Å². The Morgan fingerprint density at radius 1 is 0.646 bits per heavy atom. The van der Waals surface area contributed by atoms with E-state index in [0.717, 1.165) is 24.2 Å². The Kier molecular flexibility index (Phi) is 29.3. The average Bonchev–Trinajstić information content (AvgIpc) is 3.52. The van der Waals surface area contributed by atoms with E-state index in [0.29, 0.717) is 0 Å². The monoisotopic (exact) mass is 856 g/mol. The van der Waals surface area contributed by atoms with Gasteiger partial charge in [0.25, 0.3) is 0 Å². The largest absolute Gasteiger partial charge is 0.315 e. The van der Waals surface area contributed by atoms with Gasteiger partial charge in [0, 0.05) is 17.1 Å². The number of allylic oxidation sites excluding steroid dienone is 21. The minimum Gasteiger partial charge on any atom is -0.315 e. The third-order valence-corrected chi connectivity index (χ3v) is 9.88. The average molecular weight is 856 g/mol. The third kappa shape index (κ3) is 23.1. The molecule has 2 aliphatic carbocycles. The van der Waals surface area contributed by atoms with Gasteiger partial charge in [-0.3, -0.25) is 0 Å². The molecular weight excluding hydrogens is 783 g/mol. The molecule has 65 heavy (non-hydrogen) atoms. The molecule has 334 valence electrons. The van der Waals surface area contributed by atoms with Gasteiger partial charge in [-0.2, -0.15) is 0 Å². The van der Waals surface area contributed by atoms with Crippen molar-refractivity contribution in [2.75, 3.05) is 4.90 Å². The highest BCUT2D eigenvalue weighted by Gasteiger charge is 2.16. The Morgan fingerprint density at radius 2 is 1.23 bits per heavy atom. The summed E-state index contributed by atoms with van der Waals surface area (Å²) in [6.45, 7) is 36.0. The molecule has 0 saturated carbocycles. The van der Waals surface area contributed by atoms with Crippen molar-refractivity contribution in [3.05, 3.63) is 301 Å². The molecule has 0 N–H and O–H groups in total. The van der Waals surface area contributed by atoms with Crippen molar-refractivity contribution in [1.29, 1.82) is 0 Å². The van der Waals surface area contributed by atoms with Gasteiger partial charge in [0.15, 0.2) is 0 Å². The summed E-state index contributed by atoms with van der Waals surface area (Å²) < 4.78 is 0. The minimum absolute atomic E-state index is 1.02. The summed E-state index contributed by atoms with van der Waals surface area (Å²) in [5.41, 5.74) is 19.4. The van der Waals surface area contributed by atoms with Crippen LogP contribution in [0, 0.1) is 19.1 Å². The van der Waals surface area contributed by atoms with Crippen molar-refractivity contribution in [2.45, 2.75) is 75.2 Å². The molecule has 1 heteroatoms. The lowest BCUT2D eigenvalue weighted by Gasteiger charge is -2.29. The van der Waals surface area contributed by atoms with Crippen LogP contribution < -0.4 is 4.90 Å². The van der Waals surface area contributed by atoms with Crippen LogP contribution in [0.4, 0.5) is 5.69 Å². The second-order valence-corrected chi connectivity index (χ2v) is 15.1. The van der Waals surface area contributed by atoms with E-state index in [1.54, 1.807) is 12.2 Å². The first kappa shape index (κ1) is 55.7. The third-order valence-electron chi connectivity index (χ3n) is 9.88. The van der Waals surface area contributed by atoms with E-state index in [4.69, 9.17) is 0 Å². The zero-order valence-electron chi connectivity index (χ0n) is 40.9. The van der Waals surface area contributed by atoms with Gasteiger partial charge in [-0.05, 0) is 163 Å². The van der Waals surface area contributed by atoms with Gasteiger partial charge in [-0.25, -0.2) is 0 Å². The standard InChI is InChI=1S/C35H35N.C9H14.C7H8.C6H4.C5H8.C2H4/c1-6-30-13-11-17-35(25-30)36(34-22-20-32(21-23-34)31-14-8-7-9-15-31)29(5)19-18-27(3)33-16-10-12-26(2)28(4)24-33;1-5-6-7-9(4)8(2)3;1-7-5-3-2-4-6-7;1-2-4-6-5-3-1;1-3-5-4-2;1-2/h6-9,12,14-25H,1,11,13H2,2-5H3;5-7H,1H2,2-4H3;2-6H,1H3;1-4H;3-5H,1H2,2H3;1-2H2/b27-18+,29-19+;7-6-;;;5-4-;. The zero-order chi connectivity index (χ0) is 48.2. The van der Waals surface area contributed by atoms with Crippen molar-refractivity contribution in [3.8, 4) is 11.1 Å². The van der Waals surface area contributed by atoms with E-state index in [1.807, 2.05) is 79.8 Å². The lowest BCUT2D eigenvalue weighted by atomic mass is 10.0. The number of aryl methyl sites for hydroxylation is 1. The van der Waals surface area contributed by atoms with Crippen LogP contribution >= 0.6 is 0 Å². The molecule has 4 aromatic carbocycles. The van der Waals surface area contributed by atoms with Crippen LogP contribution in [0.3, 0.4) is 0 Å². The topological polar surface area (TPSA) is 3.24 Å². The highest BCUT2D eigenvalue weighted by Crippen LogP contribution is 2.32. The van der Waals surface area contributed by atoms with Crippen molar-refractivity contribution in [1.82, 2.24) is 0 Å². The van der Waals surface area contributed by atoms with E-state index in [9.17, 15) is 0 Å². The molecule has 1 nitrogen and oxygen atoms in total. The molecule has 0 amide bonds. The number of rotatable bonds is 10. The Balaban J connectivity index is 0.000000583. The first-order valence-corrected chi connectivity index (χ1v) is 22.1. The zero-order valence-corrected chi connectivity index (χ0v) is 40.9. The maximum absolute atomic E-state index is 4.01. The molecule has 0 fully saturated rings. The van der Waals surface area contributed by atoms with Crippen molar-refractivity contribution < 1.29 is 0 Å². The van der Waals surface area contributed by atoms with E-state index < -0.39 is 0 Å². The van der Waals surface area contributed by atoms with E-state index in [1.165, 1.54) is 61.4 Å². The fourth-order valence-electron chi connectivity index (χ4n) is 5.77. The summed E-state index contributed by atoms with van der Waals surface area (Å²) in [7, 11) is 0. The molecule has 2 aliphatic rings. The molecule has 0 heterocycles. The van der Waals surface area contributed by atoms with Gasteiger partial charge in [-0.1, -0.05) is 194 Å². The quantitative estimate of drug-likeness (QED) is 0.0873. The van der Waals surface area contributed by atoms with Crippen LogP contribution in [0.25, 0.3) is 11.1 Å². The summed E-state index contributed by atoms with van der Waals surface area (Å²) in [6, 6.07) is 42.6. The highest BCUT2D eigenvalue weighted by atomic mass is 15.1. The van der Waals surface area contributed by atoms with E-state index in [2.05, 4.69) is 220 Å². The summed E-state index contributed by atoms with van der Waals surface area (Å²) in [5.74, 6) is 0. The Hall–Kier alpha value is -7.36. The maximum atomic E-state index is 4.01. The number of nitrogens with zero attached hydrogens (tertiary/aromatic N) is 1. The van der Waals surface area contributed by atoms with Crippen molar-refractivity contribution in [3.63, 3.8) is 0 Å². The van der Waals surface area contributed by atoms with Crippen LogP contribution in [-0.2, 0) is 0 Å². The van der Waals surface area contributed by atoms with Gasteiger partial charge in [-0.15, -0.1) is 18.9 Å². The highest BCUT2D eigenvalue weighted by molar-refractivity contribution is 5.69. The smallest absolute Gasteiger partial charge is 0.0458 e. The van der Waals surface area contributed by atoms with Crippen molar-refractivity contribution >= 4 is 5.69 Å². The summed E-state index contributed by atoms with van der Waals surface area (Å²) >= 11 is 0. The second-order valence-electron chi connectivity index (χ2n) is 15.1. The molecule has 0 aromatic heterocycles. The molecular formula is C64H73N. The van der Waals surface area contributed by atoms with Gasteiger partial charge >= 0.3 is 0 Å². The summed E-state index contributed by atoms with van der Waals surface area (Å²) in [4.78, 5) is 2.34. The van der Waals surface area contributed by atoms with Crippen LogP contribution in [0.2, 0.25) is 0 Å². The molecule has 0 spiro atoms. The minimum atomic E-state index is 1.02. The second kappa shape index (κ2) is 34.2. The molecule has 0 aliphatic heterocycles. The van der Waals surface area contributed by atoms with E-state index >= 15 is 0 Å². The normalized spacial score (nSPS) is 12.7. The lowest BCUT2D eigenvalue weighted by Crippen LogP contribution is -2.20. The molecule has 0 saturated heterocycles. The van der Waals surface area contributed by atoms with Gasteiger partial charge < -0.3 is 4.90 Å². The fraction of sp³-hybridized carbons (Fsp3) is 0.172. The van der Waals surface area contributed by atoms with Gasteiger partial charge in [0.05, 0.1) is 0 Å². The van der Waals surface area contributed by atoms with Crippen LogP contribution in [0.1, 0.15) is 73.8 Å². The predicted molar refractivity (Wildman–Crippen MR) is 292 cm³/mol. The van der Waals surface area contributed by atoms with Crippen LogP contribution in [0.15, 0.2) is 283 Å². The molecule has 0 bridgehead atoms. The number of benzene rings is 3. The first-order valence-electron chi connectivity index (χ1n) is 22.1. The Bertz CT molecular complexity index is 2340. The SMILES string of the molecule is C=C.C=C/C=C\C.C=C/C=C\C(C)=C(C)C.C=CC1=CC(N(/C(C)=C/C=C(\C)C2=CC(C)=C(C)C=C=C2)c2ccc(-c3ccccc3)cc2)=CCC1.Cc1ccccc1.c1ccccc#1. The molecule has 0 atom stereocenters. The molecule has 0 radical (unpaired) electrons. The fourth-order valence-corrected chi connectivity index (χ4v) is 5.77. The molecule has 0 unspecified atom stereocenters. The summed E-state index contributed by atoms with van der Waals surface area (Å²) in [5, 5.41) is 0. The molecule has 6 rings (SSSR count). The van der Waals surface area contributed by atoms with E-state index in [-0.39, 0.29) is 0 Å². The lowest BCUT2D eigenvalue weighted by molar-refractivity contribution is 0.946. The Labute approximate surface area is 396 Å². The number of anilines is 1. The maximum Gasteiger partial charge on any atom is 0.0458 e.